The van der Waals surface area contributed by atoms with Gasteiger partial charge in [-0.25, -0.2) is 0 Å². The molecule has 0 bridgehead atoms. The molecule has 0 fully saturated rings. The van der Waals surface area contributed by atoms with E-state index in [-0.39, 0.29) is 11.7 Å². The number of carbonyl (C=O) groups is 1. The van der Waals surface area contributed by atoms with E-state index in [2.05, 4.69) is 32.3 Å². The Hall–Kier alpha value is -0.760. The van der Waals surface area contributed by atoms with E-state index < -0.39 is 0 Å². The predicted molar refractivity (Wildman–Crippen MR) is 73.1 cm³/mol. The maximum atomic E-state index is 11.7. The third kappa shape index (κ3) is 2.74. The Bertz CT molecular complexity index is 409. The van der Waals surface area contributed by atoms with Gasteiger partial charge in [-0.2, -0.15) is 0 Å². The van der Waals surface area contributed by atoms with Crippen LogP contribution in [0, 0.1) is 19.8 Å². The number of aryl methyl sites for hydroxylation is 1. The third-order valence-electron chi connectivity index (χ3n) is 3.78. The molecule has 2 atom stereocenters. The number of hydrogen-bond acceptors (Lipinski definition) is 1. The molecule has 0 aliphatic carbocycles. The summed E-state index contributed by atoms with van der Waals surface area (Å²) in [4.78, 5) is 11.7. The summed E-state index contributed by atoms with van der Waals surface area (Å²) >= 11 is 5.63. The first-order chi connectivity index (χ1) is 7.93. The van der Waals surface area contributed by atoms with E-state index in [1.807, 2.05) is 13.0 Å². The molecule has 1 heterocycles. The molecule has 0 N–H and O–H groups in total. The number of nitrogens with zero attached hydrogens (tertiary/aromatic N) is 1. The van der Waals surface area contributed by atoms with Crippen LogP contribution in [0.1, 0.15) is 55.0 Å². The first-order valence-electron chi connectivity index (χ1n) is 6.21. The molecule has 0 saturated carbocycles. The number of hydrogen-bond donors (Lipinski definition) is 0. The van der Waals surface area contributed by atoms with Gasteiger partial charge < -0.3 is 4.57 Å². The van der Waals surface area contributed by atoms with Gasteiger partial charge in [-0.1, -0.05) is 20.3 Å². The van der Waals surface area contributed by atoms with Gasteiger partial charge in [-0.05, 0) is 32.8 Å². The van der Waals surface area contributed by atoms with Crippen LogP contribution in [0.15, 0.2) is 6.07 Å². The van der Waals surface area contributed by atoms with Crippen molar-refractivity contribution in [2.45, 2.75) is 47.1 Å². The van der Waals surface area contributed by atoms with E-state index in [0.29, 0.717) is 12.0 Å². The van der Waals surface area contributed by atoms with E-state index in [9.17, 15) is 4.79 Å². The summed E-state index contributed by atoms with van der Waals surface area (Å²) in [7, 11) is 0. The second-order valence-electron chi connectivity index (χ2n) is 4.84. The molecule has 0 saturated heterocycles. The molecule has 0 amide bonds. The molecule has 0 aliphatic heterocycles. The monoisotopic (exact) mass is 255 g/mol. The highest BCUT2D eigenvalue weighted by atomic mass is 35.5. The van der Waals surface area contributed by atoms with Gasteiger partial charge in [0, 0.05) is 23.0 Å². The summed E-state index contributed by atoms with van der Waals surface area (Å²) < 4.78 is 2.26. The molecule has 0 aliphatic rings. The van der Waals surface area contributed by atoms with Crippen molar-refractivity contribution in [3.05, 3.63) is 23.0 Å². The molecular formula is C14H22ClNO. The fourth-order valence-electron chi connectivity index (χ4n) is 2.35. The smallest absolute Gasteiger partial charge is 0.179 e. The summed E-state index contributed by atoms with van der Waals surface area (Å²) in [6.45, 7) is 10.7. The van der Waals surface area contributed by atoms with Gasteiger partial charge in [0.1, 0.15) is 0 Å². The summed E-state index contributed by atoms with van der Waals surface area (Å²) in [5, 5.41) is 0. The van der Waals surface area contributed by atoms with Crippen molar-refractivity contribution in [2.75, 3.05) is 5.88 Å². The summed E-state index contributed by atoms with van der Waals surface area (Å²) in [5.41, 5.74) is 2.96. The Balaban J connectivity index is 3.17. The van der Waals surface area contributed by atoms with E-state index >= 15 is 0 Å². The van der Waals surface area contributed by atoms with Crippen LogP contribution in [0.25, 0.3) is 0 Å². The molecule has 1 aromatic heterocycles. The molecule has 0 spiro atoms. The Labute approximate surface area is 109 Å². The lowest BCUT2D eigenvalue weighted by atomic mass is 10.0. The average Bonchev–Trinajstić information content (AvgIpc) is 2.62. The van der Waals surface area contributed by atoms with Gasteiger partial charge in [-0.3, -0.25) is 4.79 Å². The maximum Gasteiger partial charge on any atom is 0.179 e. The van der Waals surface area contributed by atoms with Gasteiger partial charge in [-0.15, -0.1) is 11.6 Å². The van der Waals surface area contributed by atoms with Gasteiger partial charge in [0.15, 0.2) is 5.78 Å². The summed E-state index contributed by atoms with van der Waals surface area (Å²) in [5.74, 6) is 0.670. The van der Waals surface area contributed by atoms with Crippen LogP contribution in [-0.4, -0.2) is 16.2 Å². The zero-order chi connectivity index (χ0) is 13.2. The van der Waals surface area contributed by atoms with Crippen molar-refractivity contribution in [2.24, 2.45) is 5.92 Å². The molecule has 0 aromatic carbocycles. The number of Topliss-reactive ketones (excluding diaryl/α,β-unsaturated/α-hetero) is 1. The Morgan fingerprint density at radius 2 is 2.00 bits per heavy atom. The number of rotatable bonds is 5. The molecule has 96 valence electrons. The van der Waals surface area contributed by atoms with Crippen LogP contribution < -0.4 is 0 Å². The SMILES string of the molecule is CCC(C)C(C)n1c(C)cc(C(=O)CCl)c1C. The predicted octanol–water partition coefficient (Wildman–Crippen LogP) is 4.13. The number of ketones is 1. The summed E-state index contributed by atoms with van der Waals surface area (Å²) in [6.07, 6.45) is 1.14. The molecular weight excluding hydrogens is 234 g/mol. The lowest BCUT2D eigenvalue weighted by molar-refractivity contribution is 0.102. The van der Waals surface area contributed by atoms with Crippen molar-refractivity contribution in [1.82, 2.24) is 4.57 Å². The lowest BCUT2D eigenvalue weighted by Crippen LogP contribution is -2.16. The number of alkyl halides is 1. The number of aromatic nitrogens is 1. The quantitative estimate of drug-likeness (QED) is 0.573. The van der Waals surface area contributed by atoms with Crippen molar-refractivity contribution >= 4 is 17.4 Å². The fraction of sp³-hybridized carbons (Fsp3) is 0.643. The van der Waals surface area contributed by atoms with Crippen LogP contribution >= 0.6 is 11.6 Å². The molecule has 1 aromatic rings. The van der Waals surface area contributed by atoms with E-state index in [4.69, 9.17) is 11.6 Å². The highest BCUT2D eigenvalue weighted by Crippen LogP contribution is 2.27. The van der Waals surface area contributed by atoms with Gasteiger partial charge in [0.25, 0.3) is 0 Å². The lowest BCUT2D eigenvalue weighted by Gasteiger charge is -2.24. The van der Waals surface area contributed by atoms with Crippen LogP contribution in [0.2, 0.25) is 0 Å². The second kappa shape index (κ2) is 5.72. The number of halogens is 1. The second-order valence-corrected chi connectivity index (χ2v) is 5.11. The largest absolute Gasteiger partial charge is 0.345 e. The third-order valence-corrected chi connectivity index (χ3v) is 4.02. The Kier molecular flexibility index (Phi) is 4.81. The van der Waals surface area contributed by atoms with Gasteiger partial charge in [0.2, 0.25) is 0 Å². The Morgan fingerprint density at radius 1 is 1.41 bits per heavy atom. The zero-order valence-corrected chi connectivity index (χ0v) is 12.1. The standard InChI is InChI=1S/C14H22ClNO/c1-6-9(2)11(4)16-10(3)7-13(12(16)5)14(17)8-15/h7,9,11H,6,8H2,1-5H3. The topological polar surface area (TPSA) is 22.0 Å². The summed E-state index contributed by atoms with van der Waals surface area (Å²) in [6, 6.07) is 2.37. The minimum absolute atomic E-state index is 0.0161. The van der Waals surface area contributed by atoms with Crippen LogP contribution in [0.4, 0.5) is 0 Å². The zero-order valence-electron chi connectivity index (χ0n) is 11.4. The molecule has 0 radical (unpaired) electrons. The minimum Gasteiger partial charge on any atom is -0.345 e. The molecule has 3 heteroatoms. The average molecular weight is 256 g/mol. The van der Waals surface area contributed by atoms with E-state index in [1.165, 1.54) is 0 Å². The maximum absolute atomic E-state index is 11.7. The highest BCUT2D eigenvalue weighted by molar-refractivity contribution is 6.30. The minimum atomic E-state index is 0.0161. The van der Waals surface area contributed by atoms with Gasteiger partial charge >= 0.3 is 0 Å². The van der Waals surface area contributed by atoms with Crippen molar-refractivity contribution in [1.29, 1.82) is 0 Å². The van der Waals surface area contributed by atoms with E-state index in [1.54, 1.807) is 0 Å². The van der Waals surface area contributed by atoms with Crippen LogP contribution in [0.5, 0.6) is 0 Å². The molecule has 2 unspecified atom stereocenters. The normalized spacial score (nSPS) is 14.7. The number of carbonyl (C=O) groups excluding carboxylic acids is 1. The molecule has 2 nitrogen and oxygen atoms in total. The fourth-order valence-corrected chi connectivity index (χ4v) is 2.50. The van der Waals surface area contributed by atoms with Crippen LogP contribution in [0.3, 0.4) is 0 Å². The van der Waals surface area contributed by atoms with Crippen LogP contribution in [-0.2, 0) is 0 Å². The van der Waals surface area contributed by atoms with Crippen molar-refractivity contribution in [3.8, 4) is 0 Å². The highest BCUT2D eigenvalue weighted by Gasteiger charge is 2.20. The van der Waals surface area contributed by atoms with E-state index in [0.717, 1.165) is 23.4 Å². The first kappa shape index (κ1) is 14.3. The van der Waals surface area contributed by atoms with Crippen molar-refractivity contribution in [3.63, 3.8) is 0 Å². The first-order valence-corrected chi connectivity index (χ1v) is 6.75. The van der Waals surface area contributed by atoms with Gasteiger partial charge in [0.05, 0.1) is 5.88 Å². The molecule has 1 rings (SSSR count). The van der Waals surface area contributed by atoms with Crippen molar-refractivity contribution < 1.29 is 4.79 Å². The Morgan fingerprint density at radius 3 is 2.47 bits per heavy atom. The molecule has 17 heavy (non-hydrogen) atoms.